The number of halogens is 1. The molecule has 4 nitrogen and oxygen atoms in total. The van der Waals surface area contributed by atoms with Crippen LogP contribution in [0.4, 0.5) is 5.13 Å². The van der Waals surface area contributed by atoms with Gasteiger partial charge in [0.25, 0.3) is 0 Å². The summed E-state index contributed by atoms with van der Waals surface area (Å²) in [6.45, 7) is 1.41. The van der Waals surface area contributed by atoms with Crippen molar-refractivity contribution in [1.29, 1.82) is 0 Å². The molecule has 0 spiro atoms. The topological polar surface area (TPSA) is 47.0 Å². The van der Waals surface area contributed by atoms with Crippen molar-refractivity contribution in [3.63, 3.8) is 0 Å². The highest BCUT2D eigenvalue weighted by atomic mass is 35.5. The molecule has 1 unspecified atom stereocenters. The Bertz CT molecular complexity index is 330. The van der Waals surface area contributed by atoms with E-state index < -0.39 is 0 Å². The fraction of sp³-hybridized carbons (Fsp3) is 0.800. The highest BCUT2D eigenvalue weighted by Gasteiger charge is 2.27. The molecule has 1 atom stereocenters. The summed E-state index contributed by atoms with van der Waals surface area (Å²) >= 11 is 7.45. The predicted molar refractivity (Wildman–Crippen MR) is 66.5 cm³/mol. The van der Waals surface area contributed by atoms with E-state index in [1.54, 1.807) is 7.11 Å². The monoisotopic (exact) mass is 261 g/mol. The Morgan fingerprint density at radius 2 is 2.44 bits per heavy atom. The smallest absolute Gasteiger partial charge is 0.202 e. The number of hydrogen-bond donors (Lipinski definition) is 1. The molecule has 0 saturated heterocycles. The van der Waals surface area contributed by atoms with Crippen LogP contribution >= 0.6 is 23.1 Å². The highest BCUT2D eigenvalue weighted by molar-refractivity contribution is 7.09. The zero-order valence-electron chi connectivity index (χ0n) is 9.28. The van der Waals surface area contributed by atoms with Gasteiger partial charge in [-0.05, 0) is 19.3 Å². The SMILES string of the molecule is COCC(Cl)CCNc1nc(C2CC2)ns1. The Kier molecular flexibility index (Phi) is 4.37. The van der Waals surface area contributed by atoms with Gasteiger partial charge >= 0.3 is 0 Å². The number of methoxy groups -OCH3 is 1. The first kappa shape index (κ1) is 12.1. The average Bonchev–Trinajstić information content (AvgIpc) is 3.00. The number of anilines is 1. The van der Waals surface area contributed by atoms with Gasteiger partial charge < -0.3 is 10.1 Å². The van der Waals surface area contributed by atoms with Gasteiger partial charge in [-0.25, -0.2) is 4.98 Å². The van der Waals surface area contributed by atoms with Gasteiger partial charge in [0, 0.05) is 31.1 Å². The molecule has 1 fully saturated rings. The third-order valence-corrected chi connectivity index (χ3v) is 3.50. The van der Waals surface area contributed by atoms with Crippen molar-refractivity contribution in [1.82, 2.24) is 9.36 Å². The van der Waals surface area contributed by atoms with Crippen molar-refractivity contribution >= 4 is 28.3 Å². The Hall–Kier alpha value is -0.390. The van der Waals surface area contributed by atoms with E-state index >= 15 is 0 Å². The molecule has 0 aromatic carbocycles. The molecule has 0 aliphatic heterocycles. The molecule has 0 radical (unpaired) electrons. The number of aromatic nitrogens is 2. The number of ether oxygens (including phenoxy) is 1. The minimum Gasteiger partial charge on any atom is -0.383 e. The van der Waals surface area contributed by atoms with E-state index in [1.807, 2.05) is 0 Å². The molecule has 2 rings (SSSR count). The van der Waals surface area contributed by atoms with Crippen LogP contribution in [0.1, 0.15) is 31.0 Å². The summed E-state index contributed by atoms with van der Waals surface area (Å²) in [6.07, 6.45) is 3.36. The van der Waals surface area contributed by atoms with Gasteiger partial charge in [-0.15, -0.1) is 11.6 Å². The van der Waals surface area contributed by atoms with E-state index in [0.29, 0.717) is 12.5 Å². The van der Waals surface area contributed by atoms with E-state index in [2.05, 4.69) is 14.7 Å². The molecule has 6 heteroatoms. The Morgan fingerprint density at radius 3 is 3.12 bits per heavy atom. The zero-order chi connectivity index (χ0) is 11.4. The van der Waals surface area contributed by atoms with Gasteiger partial charge in [0.15, 0.2) is 0 Å². The minimum absolute atomic E-state index is 0.0633. The Balaban J connectivity index is 1.68. The lowest BCUT2D eigenvalue weighted by atomic mass is 10.3. The summed E-state index contributed by atoms with van der Waals surface area (Å²) < 4.78 is 9.29. The Morgan fingerprint density at radius 1 is 1.62 bits per heavy atom. The maximum Gasteiger partial charge on any atom is 0.202 e. The van der Waals surface area contributed by atoms with Crippen molar-refractivity contribution in [3.05, 3.63) is 5.82 Å². The van der Waals surface area contributed by atoms with Gasteiger partial charge in [-0.2, -0.15) is 4.37 Å². The van der Waals surface area contributed by atoms with E-state index in [4.69, 9.17) is 16.3 Å². The van der Waals surface area contributed by atoms with E-state index in [9.17, 15) is 0 Å². The lowest BCUT2D eigenvalue weighted by Crippen LogP contribution is -2.13. The lowest BCUT2D eigenvalue weighted by molar-refractivity contribution is 0.196. The second kappa shape index (κ2) is 5.80. The van der Waals surface area contributed by atoms with Crippen LogP contribution in [0.2, 0.25) is 0 Å². The van der Waals surface area contributed by atoms with Gasteiger partial charge in [-0.1, -0.05) is 0 Å². The summed E-state index contributed by atoms with van der Waals surface area (Å²) in [6, 6.07) is 0. The number of nitrogens with one attached hydrogen (secondary N) is 1. The molecule has 90 valence electrons. The third-order valence-electron chi connectivity index (χ3n) is 2.47. The zero-order valence-corrected chi connectivity index (χ0v) is 10.9. The fourth-order valence-electron chi connectivity index (χ4n) is 1.41. The predicted octanol–water partition coefficient (Wildman–Crippen LogP) is 2.47. The van der Waals surface area contributed by atoms with Crippen molar-refractivity contribution in [2.45, 2.75) is 30.6 Å². The second-order valence-electron chi connectivity index (χ2n) is 4.00. The molecular formula is C10H16ClN3OS. The summed E-state index contributed by atoms with van der Waals surface area (Å²) in [7, 11) is 1.66. The summed E-state index contributed by atoms with van der Waals surface area (Å²) in [5.41, 5.74) is 0. The van der Waals surface area contributed by atoms with Crippen molar-refractivity contribution in [2.24, 2.45) is 0 Å². The second-order valence-corrected chi connectivity index (χ2v) is 5.37. The quantitative estimate of drug-likeness (QED) is 0.766. The van der Waals surface area contributed by atoms with Gasteiger partial charge in [0.1, 0.15) is 5.82 Å². The van der Waals surface area contributed by atoms with Crippen LogP contribution < -0.4 is 5.32 Å². The van der Waals surface area contributed by atoms with Gasteiger partial charge in [0.05, 0.1) is 12.0 Å². The number of hydrogen-bond acceptors (Lipinski definition) is 5. The van der Waals surface area contributed by atoms with Crippen LogP contribution in [0.3, 0.4) is 0 Å². The van der Waals surface area contributed by atoms with Crippen molar-refractivity contribution < 1.29 is 4.74 Å². The lowest BCUT2D eigenvalue weighted by Gasteiger charge is -2.07. The summed E-state index contributed by atoms with van der Waals surface area (Å²) in [5.74, 6) is 1.63. The average molecular weight is 262 g/mol. The molecule has 1 aliphatic carbocycles. The van der Waals surface area contributed by atoms with E-state index in [1.165, 1.54) is 24.4 Å². The standard InChI is InChI=1S/C10H16ClN3OS/c1-15-6-8(11)4-5-12-10-13-9(14-16-10)7-2-3-7/h7-8H,2-6H2,1H3,(H,12,13,14). The summed E-state index contributed by atoms with van der Waals surface area (Å²) in [4.78, 5) is 4.44. The van der Waals surface area contributed by atoms with Crippen LogP contribution in [0.25, 0.3) is 0 Å². The minimum atomic E-state index is 0.0633. The molecule has 0 bridgehead atoms. The largest absolute Gasteiger partial charge is 0.383 e. The molecule has 1 N–H and O–H groups in total. The van der Waals surface area contributed by atoms with E-state index in [0.717, 1.165) is 23.9 Å². The fourth-order valence-corrected chi connectivity index (χ4v) is 2.32. The van der Waals surface area contributed by atoms with Crippen molar-refractivity contribution in [2.75, 3.05) is 25.6 Å². The molecule has 1 aromatic rings. The molecule has 1 heterocycles. The Labute approximate surface area is 105 Å². The van der Waals surface area contributed by atoms with Crippen molar-refractivity contribution in [3.8, 4) is 0 Å². The van der Waals surface area contributed by atoms with Crippen LogP contribution in [0.5, 0.6) is 0 Å². The molecule has 16 heavy (non-hydrogen) atoms. The first-order valence-electron chi connectivity index (χ1n) is 5.50. The first-order chi connectivity index (χ1) is 7.79. The maximum atomic E-state index is 6.02. The molecule has 1 aliphatic rings. The maximum absolute atomic E-state index is 6.02. The molecule has 1 aromatic heterocycles. The van der Waals surface area contributed by atoms with Gasteiger partial charge in [-0.3, -0.25) is 0 Å². The third kappa shape index (κ3) is 3.57. The molecule has 1 saturated carbocycles. The van der Waals surface area contributed by atoms with Crippen LogP contribution in [0.15, 0.2) is 0 Å². The normalized spacial score (nSPS) is 17.4. The molecule has 0 amide bonds. The van der Waals surface area contributed by atoms with Crippen LogP contribution in [-0.4, -0.2) is 35.0 Å². The highest BCUT2D eigenvalue weighted by Crippen LogP contribution is 2.39. The number of alkyl halides is 1. The van der Waals surface area contributed by atoms with Crippen LogP contribution in [-0.2, 0) is 4.74 Å². The van der Waals surface area contributed by atoms with Crippen LogP contribution in [0, 0.1) is 0 Å². The number of rotatable bonds is 7. The first-order valence-corrected chi connectivity index (χ1v) is 6.71. The van der Waals surface area contributed by atoms with Gasteiger partial charge in [0.2, 0.25) is 5.13 Å². The molecular weight excluding hydrogens is 246 g/mol. The number of nitrogens with zero attached hydrogens (tertiary/aromatic N) is 2. The van der Waals surface area contributed by atoms with E-state index in [-0.39, 0.29) is 5.38 Å². The summed E-state index contributed by atoms with van der Waals surface area (Å²) in [5, 5.41) is 4.21.